The Bertz CT molecular complexity index is 317. The molecule has 1 amide bonds. The van der Waals surface area contributed by atoms with Gasteiger partial charge < -0.3 is 19.9 Å². The molecule has 0 saturated heterocycles. The van der Waals surface area contributed by atoms with E-state index in [0.29, 0.717) is 0 Å². The Morgan fingerprint density at radius 1 is 1.25 bits per heavy atom. The molecular weight excluding hydrogens is 276 g/mol. The third-order valence-electron chi connectivity index (χ3n) is 2.14. The number of nitrogens with one attached hydrogen (secondary N) is 1. The normalized spacial score (nSPS) is 13.1. The molecular formula is C12H21F2NO5. The zero-order valence-electron chi connectivity index (χ0n) is 11.8. The number of ether oxygens (including phenoxy) is 2. The zero-order valence-corrected chi connectivity index (χ0v) is 11.8. The first-order valence-electron chi connectivity index (χ1n) is 6.21. The number of hydrogen-bond acceptors (Lipinski definition) is 4. The third-order valence-corrected chi connectivity index (χ3v) is 2.14. The molecule has 0 heterocycles. The van der Waals surface area contributed by atoms with Crippen molar-refractivity contribution in [2.24, 2.45) is 0 Å². The van der Waals surface area contributed by atoms with E-state index in [9.17, 15) is 18.4 Å². The van der Waals surface area contributed by atoms with Gasteiger partial charge in [0.1, 0.15) is 5.60 Å². The summed E-state index contributed by atoms with van der Waals surface area (Å²) in [5.41, 5.74) is -0.694. The summed E-state index contributed by atoms with van der Waals surface area (Å²) >= 11 is 0. The molecule has 0 bridgehead atoms. The predicted octanol–water partition coefficient (Wildman–Crippen LogP) is 2.37. The standard InChI is InChI=1S/C12H21F2NO5/c1-12(2,3)20-11(18)15-8(4-5-9(16)17)6-7-19-10(13)14/h8,10H,4-7H2,1-3H3,(H,15,18)(H,16,17)/t8-/m1/s1. The molecule has 0 spiro atoms. The van der Waals surface area contributed by atoms with Gasteiger partial charge in [-0.05, 0) is 33.6 Å². The number of amides is 1. The van der Waals surface area contributed by atoms with Crippen molar-refractivity contribution < 1.29 is 33.0 Å². The van der Waals surface area contributed by atoms with Gasteiger partial charge in [-0.3, -0.25) is 4.79 Å². The largest absolute Gasteiger partial charge is 0.481 e. The van der Waals surface area contributed by atoms with Gasteiger partial charge in [0, 0.05) is 12.5 Å². The minimum absolute atomic E-state index is 0.0802. The predicted molar refractivity (Wildman–Crippen MR) is 66.6 cm³/mol. The van der Waals surface area contributed by atoms with E-state index in [2.05, 4.69) is 10.1 Å². The second-order valence-electron chi connectivity index (χ2n) is 5.20. The van der Waals surface area contributed by atoms with Crippen LogP contribution in [-0.4, -0.2) is 42.0 Å². The first kappa shape index (κ1) is 18.6. The topological polar surface area (TPSA) is 84.9 Å². The molecule has 0 aromatic rings. The summed E-state index contributed by atoms with van der Waals surface area (Å²) in [5, 5.41) is 11.1. The Morgan fingerprint density at radius 3 is 2.30 bits per heavy atom. The fraction of sp³-hybridized carbons (Fsp3) is 0.833. The van der Waals surface area contributed by atoms with Gasteiger partial charge in [-0.2, -0.15) is 8.78 Å². The Hall–Kier alpha value is -1.44. The minimum atomic E-state index is -2.89. The van der Waals surface area contributed by atoms with E-state index in [1.165, 1.54) is 0 Å². The molecule has 0 aromatic carbocycles. The number of rotatable bonds is 8. The van der Waals surface area contributed by atoms with Crippen LogP contribution in [0.25, 0.3) is 0 Å². The van der Waals surface area contributed by atoms with E-state index in [-0.39, 0.29) is 25.9 Å². The minimum Gasteiger partial charge on any atom is -0.481 e. The molecule has 0 aliphatic carbocycles. The Kier molecular flexibility index (Phi) is 8.05. The van der Waals surface area contributed by atoms with Gasteiger partial charge in [0.2, 0.25) is 0 Å². The van der Waals surface area contributed by atoms with Gasteiger partial charge in [0.15, 0.2) is 0 Å². The number of alkyl halides is 2. The van der Waals surface area contributed by atoms with Gasteiger partial charge in [0.05, 0.1) is 6.61 Å². The molecule has 6 nitrogen and oxygen atoms in total. The highest BCUT2D eigenvalue weighted by molar-refractivity contribution is 5.69. The number of carboxylic acids is 1. The maximum atomic E-state index is 11.9. The Labute approximate surface area is 116 Å². The van der Waals surface area contributed by atoms with Crippen molar-refractivity contribution in [1.29, 1.82) is 0 Å². The van der Waals surface area contributed by atoms with Crippen molar-refractivity contribution >= 4 is 12.1 Å². The highest BCUT2D eigenvalue weighted by Crippen LogP contribution is 2.09. The van der Waals surface area contributed by atoms with Crippen molar-refractivity contribution in [2.75, 3.05) is 6.61 Å². The van der Waals surface area contributed by atoms with Crippen LogP contribution in [0.2, 0.25) is 0 Å². The molecule has 0 aliphatic rings. The van der Waals surface area contributed by atoms with Crippen molar-refractivity contribution in [3.8, 4) is 0 Å². The summed E-state index contributed by atoms with van der Waals surface area (Å²) < 4.78 is 32.8. The fourth-order valence-electron chi connectivity index (χ4n) is 1.36. The van der Waals surface area contributed by atoms with Crippen LogP contribution in [0.1, 0.15) is 40.0 Å². The summed E-state index contributed by atoms with van der Waals surface area (Å²) in [6.07, 6.45) is -0.711. The van der Waals surface area contributed by atoms with E-state index in [1.54, 1.807) is 20.8 Å². The van der Waals surface area contributed by atoms with Crippen molar-refractivity contribution in [1.82, 2.24) is 5.32 Å². The summed E-state index contributed by atoms with van der Waals surface area (Å²) in [4.78, 5) is 22.0. The molecule has 0 aromatic heterocycles. The van der Waals surface area contributed by atoms with Gasteiger partial charge in [-0.15, -0.1) is 0 Å². The van der Waals surface area contributed by atoms with E-state index in [1.807, 2.05) is 0 Å². The fourth-order valence-corrected chi connectivity index (χ4v) is 1.36. The summed E-state index contributed by atoms with van der Waals surface area (Å²) in [6.45, 7) is 1.87. The van der Waals surface area contributed by atoms with Crippen LogP contribution in [0.15, 0.2) is 0 Å². The first-order chi connectivity index (χ1) is 9.10. The second-order valence-corrected chi connectivity index (χ2v) is 5.20. The number of alkyl carbamates (subject to hydrolysis) is 1. The Balaban J connectivity index is 4.28. The molecule has 0 saturated carbocycles. The molecule has 0 unspecified atom stereocenters. The number of carboxylic acid groups (broad SMARTS) is 1. The number of carbonyl (C=O) groups is 2. The van der Waals surface area contributed by atoms with Crippen molar-refractivity contribution in [3.63, 3.8) is 0 Å². The maximum Gasteiger partial charge on any atom is 0.407 e. The van der Waals surface area contributed by atoms with E-state index in [4.69, 9.17) is 9.84 Å². The molecule has 20 heavy (non-hydrogen) atoms. The molecule has 0 aliphatic heterocycles. The van der Waals surface area contributed by atoms with Crippen LogP contribution >= 0.6 is 0 Å². The first-order valence-corrected chi connectivity index (χ1v) is 6.21. The summed E-state index contributed by atoms with van der Waals surface area (Å²) in [6, 6.07) is -0.598. The van der Waals surface area contributed by atoms with Gasteiger partial charge in [-0.1, -0.05) is 0 Å². The van der Waals surface area contributed by atoms with Gasteiger partial charge in [-0.25, -0.2) is 4.79 Å². The molecule has 1 atom stereocenters. The lowest BCUT2D eigenvalue weighted by molar-refractivity contribution is -0.138. The highest BCUT2D eigenvalue weighted by atomic mass is 19.3. The maximum absolute atomic E-state index is 11.9. The lowest BCUT2D eigenvalue weighted by Crippen LogP contribution is -2.40. The SMILES string of the molecule is CC(C)(C)OC(=O)N[C@@H](CCOC(F)F)CCC(=O)O. The molecule has 2 N–H and O–H groups in total. The van der Waals surface area contributed by atoms with E-state index < -0.39 is 30.3 Å². The van der Waals surface area contributed by atoms with Gasteiger partial charge >= 0.3 is 18.7 Å². The van der Waals surface area contributed by atoms with Crippen LogP contribution in [-0.2, 0) is 14.3 Å². The molecule has 0 rings (SSSR count). The summed E-state index contributed by atoms with van der Waals surface area (Å²) in [7, 11) is 0. The van der Waals surface area contributed by atoms with Crippen LogP contribution in [0.5, 0.6) is 0 Å². The Morgan fingerprint density at radius 2 is 1.85 bits per heavy atom. The second kappa shape index (κ2) is 8.68. The highest BCUT2D eigenvalue weighted by Gasteiger charge is 2.20. The molecule has 0 radical (unpaired) electrons. The van der Waals surface area contributed by atoms with E-state index >= 15 is 0 Å². The zero-order chi connectivity index (χ0) is 15.8. The number of halogens is 2. The number of hydrogen-bond donors (Lipinski definition) is 2. The van der Waals surface area contributed by atoms with Crippen molar-refractivity contribution in [3.05, 3.63) is 0 Å². The average Bonchev–Trinajstić information content (AvgIpc) is 2.22. The lowest BCUT2D eigenvalue weighted by atomic mass is 10.1. The molecule has 8 heteroatoms. The monoisotopic (exact) mass is 297 g/mol. The smallest absolute Gasteiger partial charge is 0.407 e. The lowest BCUT2D eigenvalue weighted by Gasteiger charge is -2.23. The third kappa shape index (κ3) is 11.6. The quantitative estimate of drug-likeness (QED) is 0.718. The van der Waals surface area contributed by atoms with E-state index in [0.717, 1.165) is 0 Å². The van der Waals surface area contributed by atoms with Crippen molar-refractivity contribution in [2.45, 2.75) is 58.3 Å². The summed E-state index contributed by atoms with van der Waals surface area (Å²) in [5.74, 6) is -1.03. The average molecular weight is 297 g/mol. The molecule has 0 fully saturated rings. The van der Waals surface area contributed by atoms with Crippen LogP contribution in [0.3, 0.4) is 0 Å². The van der Waals surface area contributed by atoms with Crippen LogP contribution < -0.4 is 5.32 Å². The van der Waals surface area contributed by atoms with Gasteiger partial charge in [0.25, 0.3) is 0 Å². The van der Waals surface area contributed by atoms with Crippen LogP contribution in [0, 0.1) is 0 Å². The molecule has 118 valence electrons. The number of aliphatic carboxylic acids is 1. The number of carbonyl (C=O) groups excluding carboxylic acids is 1. The van der Waals surface area contributed by atoms with Crippen LogP contribution in [0.4, 0.5) is 13.6 Å².